The predicted molar refractivity (Wildman–Crippen MR) is 91.6 cm³/mol. The maximum atomic E-state index is 12.5. The zero-order valence-corrected chi connectivity index (χ0v) is 15.3. The number of hydrogen-bond acceptors (Lipinski definition) is 6. The summed E-state index contributed by atoms with van der Waals surface area (Å²) in [6, 6.07) is 0.228. The van der Waals surface area contributed by atoms with Crippen molar-refractivity contribution >= 4 is 29.7 Å². The van der Waals surface area contributed by atoms with Crippen molar-refractivity contribution in [1.82, 2.24) is 30.6 Å². The van der Waals surface area contributed by atoms with E-state index in [4.69, 9.17) is 0 Å². The Hall–Kier alpha value is -1.72. The van der Waals surface area contributed by atoms with Gasteiger partial charge in [-0.3, -0.25) is 4.79 Å². The van der Waals surface area contributed by atoms with Crippen molar-refractivity contribution in [3.05, 3.63) is 28.0 Å². The van der Waals surface area contributed by atoms with Gasteiger partial charge in [0.15, 0.2) is 11.4 Å². The molecule has 2 aromatic heterocycles. The van der Waals surface area contributed by atoms with Crippen LogP contribution < -0.4 is 10.6 Å². The predicted octanol–water partition coefficient (Wildman–Crippen LogP) is 2.07. The number of carbonyl (C=O) groups excluding carboxylic acids is 1. The quantitative estimate of drug-likeness (QED) is 0.788. The third-order valence-corrected chi connectivity index (χ3v) is 4.80. The Kier molecular flexibility index (Phi) is 6.95. The lowest BCUT2D eigenvalue weighted by Crippen LogP contribution is -2.29. The molecular weight excluding hydrogens is 393 g/mol. The number of thiazole rings is 1. The molecule has 0 unspecified atom stereocenters. The van der Waals surface area contributed by atoms with E-state index in [9.17, 15) is 18.0 Å². The number of hydrogen-bond donors (Lipinski definition) is 2. The molecule has 0 aromatic carbocycles. The molecule has 0 bridgehead atoms. The Morgan fingerprint density at radius 1 is 1.38 bits per heavy atom. The summed E-state index contributed by atoms with van der Waals surface area (Å²) in [5.74, 6) is -0.396. The van der Waals surface area contributed by atoms with Gasteiger partial charge in [-0.1, -0.05) is 5.21 Å². The van der Waals surface area contributed by atoms with E-state index < -0.39 is 17.8 Å². The number of nitrogens with one attached hydrogen (secondary N) is 2. The standard InChI is InChI=1S/C14H17F3N6OS.ClH/c15-14(16,17)11-8-25-12(20-11)3-6-19-13(24)10-7-23(22-21-10)9-1-4-18-5-2-9;/h7-9,18H,1-6H2,(H,19,24);1H. The summed E-state index contributed by atoms with van der Waals surface area (Å²) in [6.45, 7) is 1.99. The van der Waals surface area contributed by atoms with Gasteiger partial charge in [-0.05, 0) is 25.9 Å². The summed E-state index contributed by atoms with van der Waals surface area (Å²) >= 11 is 0.926. The Morgan fingerprint density at radius 2 is 2.12 bits per heavy atom. The van der Waals surface area contributed by atoms with E-state index in [-0.39, 0.29) is 37.1 Å². The van der Waals surface area contributed by atoms with Crippen LogP contribution in [0.4, 0.5) is 13.2 Å². The van der Waals surface area contributed by atoms with Crippen LogP contribution in [0.25, 0.3) is 0 Å². The topological polar surface area (TPSA) is 84.7 Å². The highest BCUT2D eigenvalue weighted by Gasteiger charge is 2.33. The van der Waals surface area contributed by atoms with Crippen molar-refractivity contribution in [3.63, 3.8) is 0 Å². The van der Waals surface area contributed by atoms with Gasteiger partial charge in [0, 0.05) is 18.3 Å². The van der Waals surface area contributed by atoms with Gasteiger partial charge in [0.2, 0.25) is 0 Å². The fourth-order valence-corrected chi connectivity index (χ4v) is 3.36. The molecule has 0 spiro atoms. The van der Waals surface area contributed by atoms with E-state index in [1.807, 2.05) is 0 Å². The van der Waals surface area contributed by atoms with Crippen molar-refractivity contribution in [1.29, 1.82) is 0 Å². The second-order valence-electron chi connectivity index (χ2n) is 5.70. The SMILES string of the molecule is Cl.O=C(NCCc1nc(C(F)(F)F)cs1)c1cn(C2CCNCC2)nn1. The van der Waals surface area contributed by atoms with Crippen LogP contribution in [-0.4, -0.2) is 45.5 Å². The van der Waals surface area contributed by atoms with Crippen LogP contribution in [0.1, 0.15) is 40.1 Å². The largest absolute Gasteiger partial charge is 0.434 e. The first-order chi connectivity index (χ1) is 11.9. The molecule has 144 valence electrons. The molecule has 2 aromatic rings. The molecule has 3 heterocycles. The van der Waals surface area contributed by atoms with Crippen LogP contribution in [0.2, 0.25) is 0 Å². The summed E-state index contributed by atoms with van der Waals surface area (Å²) in [5.41, 5.74) is -0.697. The maximum Gasteiger partial charge on any atom is 0.434 e. The van der Waals surface area contributed by atoms with Gasteiger partial charge >= 0.3 is 6.18 Å². The smallest absolute Gasteiger partial charge is 0.350 e. The second-order valence-corrected chi connectivity index (χ2v) is 6.64. The molecule has 12 heteroatoms. The van der Waals surface area contributed by atoms with E-state index in [2.05, 4.69) is 25.9 Å². The van der Waals surface area contributed by atoms with Crippen molar-refractivity contribution in [2.75, 3.05) is 19.6 Å². The van der Waals surface area contributed by atoms with Gasteiger partial charge in [-0.25, -0.2) is 9.67 Å². The fraction of sp³-hybridized carbons (Fsp3) is 0.571. The monoisotopic (exact) mass is 410 g/mol. The van der Waals surface area contributed by atoms with E-state index in [1.54, 1.807) is 10.9 Å². The molecule has 1 saturated heterocycles. The molecule has 0 aliphatic carbocycles. The normalized spacial score (nSPS) is 15.5. The summed E-state index contributed by atoms with van der Waals surface area (Å²) in [7, 11) is 0. The van der Waals surface area contributed by atoms with Gasteiger partial charge < -0.3 is 10.6 Å². The van der Waals surface area contributed by atoms with E-state index in [0.717, 1.165) is 42.6 Å². The van der Waals surface area contributed by atoms with Crippen LogP contribution in [0.15, 0.2) is 11.6 Å². The van der Waals surface area contributed by atoms with E-state index in [0.29, 0.717) is 5.01 Å². The molecule has 7 nitrogen and oxygen atoms in total. The van der Waals surface area contributed by atoms with Gasteiger partial charge in [0.25, 0.3) is 5.91 Å². The zero-order chi connectivity index (χ0) is 17.9. The third kappa shape index (κ3) is 5.15. The molecule has 0 radical (unpaired) electrons. The first-order valence-electron chi connectivity index (χ1n) is 7.86. The number of piperidine rings is 1. The van der Waals surface area contributed by atoms with Crippen LogP contribution >= 0.6 is 23.7 Å². The van der Waals surface area contributed by atoms with E-state index >= 15 is 0 Å². The first kappa shape index (κ1) is 20.6. The minimum Gasteiger partial charge on any atom is -0.350 e. The number of nitrogens with zero attached hydrogens (tertiary/aromatic N) is 4. The van der Waals surface area contributed by atoms with Crippen LogP contribution in [-0.2, 0) is 12.6 Å². The molecule has 1 amide bonds. The number of carbonyl (C=O) groups is 1. The third-order valence-electron chi connectivity index (χ3n) is 3.89. The molecular formula is C14H18ClF3N6OS. The molecule has 0 atom stereocenters. The highest BCUT2D eigenvalue weighted by Crippen LogP contribution is 2.30. The summed E-state index contributed by atoms with van der Waals surface area (Å²) in [6.07, 6.45) is -0.747. The highest BCUT2D eigenvalue weighted by atomic mass is 35.5. The fourth-order valence-electron chi connectivity index (χ4n) is 2.56. The lowest BCUT2D eigenvalue weighted by atomic mass is 10.1. The molecule has 1 aliphatic rings. The summed E-state index contributed by atoms with van der Waals surface area (Å²) in [5, 5.41) is 15.1. The van der Waals surface area contributed by atoms with Gasteiger partial charge in [0.05, 0.1) is 17.2 Å². The molecule has 2 N–H and O–H groups in total. The van der Waals surface area contributed by atoms with Crippen molar-refractivity contribution < 1.29 is 18.0 Å². The number of amides is 1. The molecule has 26 heavy (non-hydrogen) atoms. The number of halogens is 4. The molecule has 1 aliphatic heterocycles. The average molecular weight is 411 g/mol. The Bertz CT molecular complexity index is 728. The lowest BCUT2D eigenvalue weighted by Gasteiger charge is -2.22. The maximum absolute atomic E-state index is 12.5. The zero-order valence-electron chi connectivity index (χ0n) is 13.6. The van der Waals surface area contributed by atoms with Crippen LogP contribution in [0.5, 0.6) is 0 Å². The number of alkyl halides is 3. The van der Waals surface area contributed by atoms with Crippen molar-refractivity contribution in [3.8, 4) is 0 Å². The first-order valence-corrected chi connectivity index (χ1v) is 8.74. The summed E-state index contributed by atoms with van der Waals surface area (Å²) in [4.78, 5) is 15.6. The minimum atomic E-state index is -4.44. The van der Waals surface area contributed by atoms with Crippen LogP contribution in [0.3, 0.4) is 0 Å². The second kappa shape index (κ2) is 8.78. The van der Waals surface area contributed by atoms with E-state index in [1.165, 1.54) is 0 Å². The summed E-state index contributed by atoms with van der Waals surface area (Å²) < 4.78 is 39.1. The van der Waals surface area contributed by atoms with Crippen molar-refractivity contribution in [2.24, 2.45) is 0 Å². The molecule has 3 rings (SSSR count). The van der Waals surface area contributed by atoms with Crippen LogP contribution in [0, 0.1) is 0 Å². The minimum absolute atomic E-state index is 0. The molecule has 0 saturated carbocycles. The number of aromatic nitrogens is 4. The van der Waals surface area contributed by atoms with Crippen molar-refractivity contribution in [2.45, 2.75) is 31.5 Å². The lowest BCUT2D eigenvalue weighted by molar-refractivity contribution is -0.140. The molecule has 1 fully saturated rings. The van der Waals surface area contributed by atoms with Gasteiger partial charge in [0.1, 0.15) is 0 Å². The van der Waals surface area contributed by atoms with Gasteiger partial charge in [-0.15, -0.1) is 28.8 Å². The highest BCUT2D eigenvalue weighted by molar-refractivity contribution is 7.09. The van der Waals surface area contributed by atoms with Gasteiger partial charge in [-0.2, -0.15) is 13.2 Å². The average Bonchev–Trinajstić information content (AvgIpc) is 3.25. The Labute approximate surface area is 157 Å². The number of rotatable bonds is 5. The Morgan fingerprint density at radius 3 is 2.77 bits per heavy atom. The Balaban J connectivity index is 0.00000243.